The fourth-order valence-electron chi connectivity index (χ4n) is 1.73. The van der Waals surface area contributed by atoms with Gasteiger partial charge < -0.3 is 5.73 Å². The monoisotopic (exact) mass is 354 g/mol. The molecule has 0 aliphatic rings. The van der Waals surface area contributed by atoms with Gasteiger partial charge in [0.05, 0.1) is 10.2 Å². The van der Waals surface area contributed by atoms with E-state index < -0.39 is 0 Å². The number of aromatic nitrogens is 1. The molecule has 2 aromatic rings. The maximum Gasteiger partial charge on any atom is 0.138 e. The molecule has 1 aromatic carbocycles. The molecule has 0 spiro atoms. The lowest BCUT2D eigenvalue weighted by Crippen LogP contribution is -1.97. The molecule has 4 heteroatoms. The Morgan fingerprint density at radius 3 is 2.59 bits per heavy atom. The van der Waals surface area contributed by atoms with Crippen molar-refractivity contribution in [1.82, 2.24) is 4.98 Å². The summed E-state index contributed by atoms with van der Waals surface area (Å²) in [5.41, 5.74) is 9.12. The summed E-state index contributed by atoms with van der Waals surface area (Å²) in [7, 11) is 0. The molecule has 0 atom stereocenters. The Balaban J connectivity index is 2.64. The van der Waals surface area contributed by atoms with Gasteiger partial charge in [-0.15, -0.1) is 0 Å². The van der Waals surface area contributed by atoms with Crippen molar-refractivity contribution in [2.75, 3.05) is 5.73 Å². The molecule has 1 aromatic heterocycles. The van der Waals surface area contributed by atoms with Gasteiger partial charge >= 0.3 is 0 Å². The molecule has 88 valence electrons. The molecule has 0 amide bonds. The zero-order valence-corrected chi connectivity index (χ0v) is 12.5. The van der Waals surface area contributed by atoms with Crippen LogP contribution in [0, 0.1) is 0 Å². The Kier molecular flexibility index (Phi) is 3.84. The number of aryl methyl sites for hydroxylation is 1. The fourth-order valence-corrected chi connectivity index (χ4v) is 2.89. The Hall–Kier alpha value is -0.870. The molecule has 2 N–H and O–H groups in total. The number of nitrogens with two attached hydrogens (primary N) is 1. The summed E-state index contributed by atoms with van der Waals surface area (Å²) in [6.45, 7) is 2.13. The van der Waals surface area contributed by atoms with E-state index in [-0.39, 0.29) is 0 Å². The van der Waals surface area contributed by atoms with Crippen molar-refractivity contribution in [3.05, 3.63) is 44.8 Å². The number of nitrogens with zero attached hydrogens (tertiary/aromatic N) is 1. The lowest BCUT2D eigenvalue weighted by Gasteiger charge is -2.10. The molecule has 0 saturated heterocycles. The van der Waals surface area contributed by atoms with Crippen molar-refractivity contribution in [2.45, 2.75) is 13.3 Å². The highest BCUT2D eigenvalue weighted by Crippen LogP contribution is 2.33. The van der Waals surface area contributed by atoms with Crippen LogP contribution in [0.3, 0.4) is 0 Å². The van der Waals surface area contributed by atoms with Crippen LogP contribution in [0.2, 0.25) is 0 Å². The van der Waals surface area contributed by atoms with Crippen LogP contribution in [0.1, 0.15) is 12.5 Å². The summed E-state index contributed by atoms with van der Waals surface area (Å²) in [5.74, 6) is 0.508. The minimum Gasteiger partial charge on any atom is -0.383 e. The Bertz CT molecular complexity index is 553. The topological polar surface area (TPSA) is 38.9 Å². The molecule has 0 fully saturated rings. The van der Waals surface area contributed by atoms with Crippen LogP contribution in [0.4, 0.5) is 5.82 Å². The molecule has 0 saturated carbocycles. The predicted octanol–water partition coefficient (Wildman–Crippen LogP) is 4.42. The van der Waals surface area contributed by atoms with E-state index in [0.29, 0.717) is 5.82 Å². The fraction of sp³-hybridized carbons (Fsp3) is 0.154. The third kappa shape index (κ3) is 2.53. The first-order valence-electron chi connectivity index (χ1n) is 5.33. The Labute approximate surface area is 118 Å². The highest BCUT2D eigenvalue weighted by molar-refractivity contribution is 9.11. The molecule has 2 rings (SSSR count). The van der Waals surface area contributed by atoms with Crippen molar-refractivity contribution in [2.24, 2.45) is 0 Å². The highest BCUT2D eigenvalue weighted by atomic mass is 79.9. The van der Waals surface area contributed by atoms with Gasteiger partial charge in [0.1, 0.15) is 5.82 Å². The van der Waals surface area contributed by atoms with Crippen LogP contribution >= 0.6 is 31.9 Å². The van der Waals surface area contributed by atoms with Crippen LogP contribution in [-0.4, -0.2) is 4.98 Å². The third-order valence-electron chi connectivity index (χ3n) is 2.61. The Morgan fingerprint density at radius 2 is 1.88 bits per heavy atom. The summed E-state index contributed by atoms with van der Waals surface area (Å²) in [5, 5.41) is 0. The zero-order valence-electron chi connectivity index (χ0n) is 9.37. The van der Waals surface area contributed by atoms with Gasteiger partial charge in [-0.1, -0.05) is 31.2 Å². The molecule has 2 nitrogen and oxygen atoms in total. The van der Waals surface area contributed by atoms with E-state index in [0.717, 1.165) is 26.6 Å². The van der Waals surface area contributed by atoms with Crippen LogP contribution in [0.5, 0.6) is 0 Å². The van der Waals surface area contributed by atoms with E-state index in [9.17, 15) is 0 Å². The molecule has 0 aliphatic heterocycles. The van der Waals surface area contributed by atoms with Crippen LogP contribution in [0.25, 0.3) is 11.3 Å². The summed E-state index contributed by atoms with van der Waals surface area (Å²) in [6.07, 6.45) is 0.972. The maximum absolute atomic E-state index is 5.84. The highest BCUT2D eigenvalue weighted by Gasteiger charge is 2.11. The average Bonchev–Trinajstić information content (AvgIpc) is 2.34. The van der Waals surface area contributed by atoms with Crippen LogP contribution in [-0.2, 0) is 6.42 Å². The molecule has 17 heavy (non-hydrogen) atoms. The molecule has 0 bridgehead atoms. The van der Waals surface area contributed by atoms with Crippen LogP contribution in [0.15, 0.2) is 39.3 Å². The molecule has 0 aliphatic carbocycles. The van der Waals surface area contributed by atoms with Gasteiger partial charge in [-0.2, -0.15) is 0 Å². The predicted molar refractivity (Wildman–Crippen MR) is 78.9 cm³/mol. The molecule has 0 radical (unpaired) electrons. The van der Waals surface area contributed by atoms with Crippen molar-refractivity contribution in [3.8, 4) is 11.3 Å². The number of hydrogen-bond acceptors (Lipinski definition) is 2. The first-order chi connectivity index (χ1) is 8.13. The van der Waals surface area contributed by atoms with E-state index in [4.69, 9.17) is 5.73 Å². The molecular weight excluding hydrogens is 344 g/mol. The summed E-state index contributed by atoms with van der Waals surface area (Å²) in [4.78, 5) is 4.44. The lowest BCUT2D eigenvalue weighted by molar-refractivity contribution is 1.13. The smallest absolute Gasteiger partial charge is 0.138 e. The Morgan fingerprint density at radius 1 is 1.18 bits per heavy atom. The summed E-state index contributed by atoms with van der Waals surface area (Å²) in [6, 6.07) is 10.2. The van der Waals surface area contributed by atoms with Crippen LogP contribution < -0.4 is 5.73 Å². The van der Waals surface area contributed by atoms with Gasteiger partial charge in [-0.05, 0) is 49.9 Å². The van der Waals surface area contributed by atoms with E-state index in [2.05, 4.69) is 55.9 Å². The summed E-state index contributed by atoms with van der Waals surface area (Å²) >= 11 is 6.90. The van der Waals surface area contributed by atoms with E-state index in [1.165, 1.54) is 5.56 Å². The molecule has 0 unspecified atom stereocenters. The van der Waals surface area contributed by atoms with E-state index in [1.54, 1.807) is 0 Å². The standard InChI is InChI=1S/C13H12Br2N2/c1-2-8-5-3-4-6-9(8)12-10(14)7-11(15)13(16)17-12/h3-7H,2H2,1H3,(H2,16,17). The second-order valence-electron chi connectivity index (χ2n) is 3.70. The lowest BCUT2D eigenvalue weighted by atomic mass is 10.0. The SMILES string of the molecule is CCc1ccccc1-c1nc(N)c(Br)cc1Br. The average molecular weight is 356 g/mol. The molecular formula is C13H12Br2N2. The number of nitrogen functional groups attached to an aromatic ring is 1. The van der Waals surface area contributed by atoms with Gasteiger partial charge in [-0.25, -0.2) is 4.98 Å². The number of anilines is 1. The number of rotatable bonds is 2. The quantitative estimate of drug-likeness (QED) is 0.866. The van der Waals surface area contributed by atoms with Crippen molar-refractivity contribution in [3.63, 3.8) is 0 Å². The van der Waals surface area contributed by atoms with Gasteiger partial charge in [-0.3, -0.25) is 0 Å². The number of hydrogen-bond donors (Lipinski definition) is 1. The second kappa shape index (κ2) is 5.19. The number of halogens is 2. The van der Waals surface area contributed by atoms with E-state index in [1.807, 2.05) is 18.2 Å². The largest absolute Gasteiger partial charge is 0.383 e. The van der Waals surface area contributed by atoms with Gasteiger partial charge in [0.25, 0.3) is 0 Å². The third-order valence-corrected chi connectivity index (χ3v) is 3.85. The number of pyridine rings is 1. The second-order valence-corrected chi connectivity index (χ2v) is 5.41. The summed E-state index contributed by atoms with van der Waals surface area (Å²) < 4.78 is 1.75. The number of benzene rings is 1. The van der Waals surface area contributed by atoms with Gasteiger partial charge in [0.15, 0.2) is 0 Å². The van der Waals surface area contributed by atoms with Crippen molar-refractivity contribution in [1.29, 1.82) is 0 Å². The van der Waals surface area contributed by atoms with Gasteiger partial charge in [0.2, 0.25) is 0 Å². The van der Waals surface area contributed by atoms with Crippen molar-refractivity contribution < 1.29 is 0 Å². The zero-order chi connectivity index (χ0) is 12.4. The normalized spacial score (nSPS) is 10.5. The van der Waals surface area contributed by atoms with E-state index >= 15 is 0 Å². The maximum atomic E-state index is 5.84. The minimum absolute atomic E-state index is 0.508. The van der Waals surface area contributed by atoms with Crippen molar-refractivity contribution >= 4 is 37.7 Å². The minimum atomic E-state index is 0.508. The first-order valence-corrected chi connectivity index (χ1v) is 6.92. The first kappa shape index (κ1) is 12.6. The van der Waals surface area contributed by atoms with Gasteiger partial charge in [0, 0.05) is 10.0 Å². The molecule has 1 heterocycles.